The van der Waals surface area contributed by atoms with Crippen molar-refractivity contribution in [1.29, 1.82) is 0 Å². The first-order valence-electron chi connectivity index (χ1n) is 12.2. The van der Waals surface area contributed by atoms with Gasteiger partial charge in [-0.15, -0.1) is 0 Å². The lowest BCUT2D eigenvalue weighted by molar-refractivity contribution is -0.192. The number of carboxylic acid groups (broad SMARTS) is 1. The molecule has 214 valence electrons. The van der Waals surface area contributed by atoms with Crippen molar-refractivity contribution >= 4 is 33.3 Å². The first-order chi connectivity index (χ1) is 18.9. The number of hydrogen-bond donors (Lipinski definition) is 4. The highest BCUT2D eigenvalue weighted by atomic mass is 32.2. The van der Waals surface area contributed by atoms with Crippen LogP contribution in [-0.2, 0) is 21.4 Å². The molecule has 0 aromatic heterocycles. The van der Waals surface area contributed by atoms with Gasteiger partial charge >= 0.3 is 12.1 Å². The fraction of sp³-hybridized carbons (Fsp3) is 0.259. The maximum atomic E-state index is 13.1. The van der Waals surface area contributed by atoms with Crippen LogP contribution in [0.15, 0.2) is 77.7 Å². The van der Waals surface area contributed by atoms with E-state index in [9.17, 15) is 26.4 Å². The highest BCUT2D eigenvalue weighted by molar-refractivity contribution is 7.92. The summed E-state index contributed by atoms with van der Waals surface area (Å²) in [6, 6.07) is 21.6. The SMILES string of the molecule is Cc1cccc(S(=O)(=O)Nc2cc(C(=O)NCc3ccccc3)ccc2N2CCNCC2)c1.O=C(O)C(F)(F)F. The summed E-state index contributed by atoms with van der Waals surface area (Å²) in [6.45, 7) is 5.36. The van der Waals surface area contributed by atoms with Crippen LogP contribution in [0, 0.1) is 6.92 Å². The molecule has 1 amide bonds. The maximum absolute atomic E-state index is 13.1. The van der Waals surface area contributed by atoms with Gasteiger partial charge in [0.25, 0.3) is 15.9 Å². The lowest BCUT2D eigenvalue weighted by Gasteiger charge is -2.31. The monoisotopic (exact) mass is 578 g/mol. The van der Waals surface area contributed by atoms with Crippen LogP contribution >= 0.6 is 0 Å². The molecule has 1 aliphatic heterocycles. The van der Waals surface area contributed by atoms with Crippen molar-refractivity contribution in [2.45, 2.75) is 24.5 Å². The fourth-order valence-corrected chi connectivity index (χ4v) is 4.98. The van der Waals surface area contributed by atoms with E-state index in [1.54, 1.807) is 30.3 Å². The first-order valence-corrected chi connectivity index (χ1v) is 13.7. The summed E-state index contributed by atoms with van der Waals surface area (Å²) in [5.74, 6) is -3.02. The van der Waals surface area contributed by atoms with Gasteiger partial charge in [-0.2, -0.15) is 13.2 Å². The van der Waals surface area contributed by atoms with E-state index in [4.69, 9.17) is 9.90 Å². The van der Waals surface area contributed by atoms with E-state index >= 15 is 0 Å². The highest BCUT2D eigenvalue weighted by Gasteiger charge is 2.38. The van der Waals surface area contributed by atoms with Crippen LogP contribution in [0.25, 0.3) is 0 Å². The summed E-state index contributed by atoms with van der Waals surface area (Å²) in [7, 11) is -3.82. The number of aliphatic carboxylic acids is 1. The number of halogens is 3. The van der Waals surface area contributed by atoms with Crippen molar-refractivity contribution in [3.8, 4) is 0 Å². The number of sulfonamides is 1. The van der Waals surface area contributed by atoms with Gasteiger partial charge in [0.15, 0.2) is 0 Å². The Hall–Kier alpha value is -4.10. The largest absolute Gasteiger partial charge is 0.490 e. The van der Waals surface area contributed by atoms with Crippen LogP contribution in [0.2, 0.25) is 0 Å². The van der Waals surface area contributed by atoms with Gasteiger partial charge in [0.2, 0.25) is 0 Å². The summed E-state index contributed by atoms with van der Waals surface area (Å²) in [6.07, 6.45) is -5.08. The van der Waals surface area contributed by atoms with Crippen molar-refractivity contribution in [1.82, 2.24) is 10.6 Å². The Morgan fingerprint density at radius 3 is 2.23 bits per heavy atom. The minimum absolute atomic E-state index is 0.188. The molecule has 0 radical (unpaired) electrons. The smallest absolute Gasteiger partial charge is 0.475 e. The Bertz CT molecular complexity index is 1430. The zero-order valence-corrected chi connectivity index (χ0v) is 22.3. The molecular weight excluding hydrogens is 549 g/mol. The van der Waals surface area contributed by atoms with E-state index in [1.165, 1.54) is 0 Å². The highest BCUT2D eigenvalue weighted by Crippen LogP contribution is 2.30. The number of benzene rings is 3. The molecule has 0 atom stereocenters. The molecule has 4 N–H and O–H groups in total. The molecule has 1 heterocycles. The lowest BCUT2D eigenvalue weighted by atomic mass is 10.1. The molecule has 0 saturated carbocycles. The van der Waals surface area contributed by atoms with E-state index < -0.39 is 22.2 Å². The van der Waals surface area contributed by atoms with Gasteiger partial charge in [-0.25, -0.2) is 13.2 Å². The molecule has 0 unspecified atom stereocenters. The van der Waals surface area contributed by atoms with E-state index in [1.807, 2.05) is 49.4 Å². The number of carbonyl (C=O) groups is 2. The number of alkyl halides is 3. The third kappa shape index (κ3) is 8.71. The summed E-state index contributed by atoms with van der Waals surface area (Å²) in [4.78, 5) is 24.0. The quantitative estimate of drug-likeness (QED) is 0.336. The number of carboxylic acids is 1. The standard InChI is InChI=1S/C25H28N4O3S.C2HF3O2/c1-19-6-5-9-22(16-19)33(31,32)28-23-17-21(10-11-24(23)29-14-12-26-13-15-29)25(30)27-18-20-7-3-2-4-8-20;3-2(4,5)1(6)7/h2-11,16-17,26,28H,12-15,18H2,1H3,(H,27,30);(H,6,7). The van der Waals surface area contributed by atoms with Crippen LogP contribution in [0.4, 0.5) is 24.5 Å². The summed E-state index contributed by atoms with van der Waals surface area (Å²) >= 11 is 0. The third-order valence-corrected chi connectivity index (χ3v) is 7.16. The number of rotatable bonds is 7. The molecule has 4 rings (SSSR count). The van der Waals surface area contributed by atoms with Gasteiger partial charge in [-0.05, 0) is 48.4 Å². The second-order valence-corrected chi connectivity index (χ2v) is 10.5. The zero-order chi connectivity index (χ0) is 29.3. The molecule has 0 spiro atoms. The van der Waals surface area contributed by atoms with Crippen molar-refractivity contribution in [2.75, 3.05) is 35.8 Å². The molecule has 0 aliphatic carbocycles. The van der Waals surface area contributed by atoms with Crippen LogP contribution in [-0.4, -0.2) is 57.8 Å². The summed E-state index contributed by atoms with van der Waals surface area (Å²) in [5, 5.41) is 13.3. The lowest BCUT2D eigenvalue weighted by Crippen LogP contribution is -2.43. The van der Waals surface area contributed by atoms with Crippen LogP contribution in [0.1, 0.15) is 21.5 Å². The van der Waals surface area contributed by atoms with Gasteiger partial charge in [0, 0.05) is 38.3 Å². The normalized spacial score (nSPS) is 13.6. The van der Waals surface area contributed by atoms with Crippen LogP contribution in [0.5, 0.6) is 0 Å². The van der Waals surface area contributed by atoms with Crippen molar-refractivity contribution < 1.29 is 36.3 Å². The second kappa shape index (κ2) is 13.3. The molecular formula is C27H29F3N4O5S. The maximum Gasteiger partial charge on any atom is 0.490 e. The molecule has 9 nitrogen and oxygen atoms in total. The van der Waals surface area contributed by atoms with Crippen LogP contribution < -0.4 is 20.3 Å². The Balaban J connectivity index is 0.000000559. The predicted octanol–water partition coefficient (Wildman–Crippen LogP) is 3.77. The molecule has 13 heteroatoms. The Morgan fingerprint density at radius 1 is 0.975 bits per heavy atom. The molecule has 1 saturated heterocycles. The van der Waals surface area contributed by atoms with Gasteiger partial charge < -0.3 is 20.6 Å². The van der Waals surface area contributed by atoms with E-state index in [2.05, 4.69) is 20.3 Å². The molecule has 40 heavy (non-hydrogen) atoms. The van der Waals surface area contributed by atoms with E-state index in [0.717, 1.165) is 43.0 Å². The van der Waals surface area contributed by atoms with Crippen molar-refractivity contribution in [3.05, 3.63) is 89.5 Å². The Morgan fingerprint density at radius 2 is 1.62 bits per heavy atom. The van der Waals surface area contributed by atoms with Gasteiger partial charge in [-0.3, -0.25) is 9.52 Å². The summed E-state index contributed by atoms with van der Waals surface area (Å²) < 4.78 is 60.7. The summed E-state index contributed by atoms with van der Waals surface area (Å²) in [5.41, 5.74) is 3.39. The predicted molar refractivity (Wildman–Crippen MR) is 145 cm³/mol. The first kappa shape index (κ1) is 30.4. The zero-order valence-electron chi connectivity index (χ0n) is 21.5. The number of piperazine rings is 1. The Labute approximate surface area is 230 Å². The number of hydrogen-bond acceptors (Lipinski definition) is 6. The average Bonchev–Trinajstić information content (AvgIpc) is 2.92. The fourth-order valence-electron chi connectivity index (χ4n) is 3.81. The topological polar surface area (TPSA) is 128 Å². The minimum Gasteiger partial charge on any atom is -0.475 e. The number of carbonyl (C=O) groups excluding carboxylic acids is 1. The van der Waals surface area contributed by atoms with Gasteiger partial charge in [0.1, 0.15) is 0 Å². The molecule has 0 bridgehead atoms. The number of amides is 1. The molecule has 1 fully saturated rings. The van der Waals surface area contributed by atoms with E-state index in [0.29, 0.717) is 17.8 Å². The Kier molecular flexibility index (Phi) is 10.1. The second-order valence-electron chi connectivity index (χ2n) is 8.86. The molecule has 3 aromatic carbocycles. The van der Waals surface area contributed by atoms with Crippen molar-refractivity contribution in [3.63, 3.8) is 0 Å². The molecule has 1 aliphatic rings. The van der Waals surface area contributed by atoms with Gasteiger partial charge in [0.05, 0.1) is 16.3 Å². The number of nitrogens with zero attached hydrogens (tertiary/aromatic N) is 1. The van der Waals surface area contributed by atoms with E-state index in [-0.39, 0.29) is 10.8 Å². The number of anilines is 2. The number of aryl methyl sites for hydroxylation is 1. The average molecular weight is 579 g/mol. The van der Waals surface area contributed by atoms with Crippen molar-refractivity contribution in [2.24, 2.45) is 0 Å². The van der Waals surface area contributed by atoms with Gasteiger partial charge in [-0.1, -0.05) is 42.5 Å². The molecule has 3 aromatic rings. The minimum atomic E-state index is -5.08. The third-order valence-electron chi connectivity index (χ3n) is 5.80. The van der Waals surface area contributed by atoms with Crippen LogP contribution in [0.3, 0.4) is 0 Å². The number of nitrogens with one attached hydrogen (secondary N) is 3.